The van der Waals surface area contributed by atoms with E-state index in [-0.39, 0.29) is 12.1 Å². The monoisotopic (exact) mass is 680 g/mol. The number of ether oxygens (including phenoxy) is 3. The largest absolute Gasteiger partial charge is 0.508 e. The first-order valence-electron chi connectivity index (χ1n) is 20.9. The maximum atomic E-state index is 12.7. The van der Waals surface area contributed by atoms with Crippen LogP contribution in [0.4, 0.5) is 4.79 Å². The molecule has 0 rings (SSSR count). The molecule has 48 heavy (non-hydrogen) atoms. The molecule has 0 saturated carbocycles. The van der Waals surface area contributed by atoms with Crippen molar-refractivity contribution < 1.29 is 23.8 Å². The molecule has 284 valence electrons. The van der Waals surface area contributed by atoms with Gasteiger partial charge in [-0.05, 0) is 96.7 Å². The average Bonchev–Trinajstić information content (AvgIpc) is 3.08. The number of hydrogen-bond acceptors (Lipinski definition) is 6. The molecule has 0 aromatic carbocycles. The highest BCUT2D eigenvalue weighted by atomic mass is 16.7. The molecule has 0 atom stereocenters. The number of carbonyl (C=O) groups is 2. The number of hydrogen-bond donors (Lipinski definition) is 0. The zero-order chi connectivity index (χ0) is 35.2. The van der Waals surface area contributed by atoms with Crippen molar-refractivity contribution in [2.75, 3.05) is 32.8 Å². The molecule has 6 nitrogen and oxygen atoms in total. The van der Waals surface area contributed by atoms with Crippen LogP contribution >= 0.6 is 0 Å². The van der Waals surface area contributed by atoms with E-state index in [0.29, 0.717) is 19.6 Å². The summed E-state index contributed by atoms with van der Waals surface area (Å²) in [4.78, 5) is 26.9. The first-order chi connectivity index (χ1) is 23.6. The van der Waals surface area contributed by atoms with Crippen LogP contribution in [0, 0.1) is 0 Å². The lowest BCUT2D eigenvalue weighted by molar-refractivity contribution is -0.150. The van der Waals surface area contributed by atoms with Crippen molar-refractivity contribution in [2.24, 2.45) is 0 Å². The van der Waals surface area contributed by atoms with Gasteiger partial charge in [-0.2, -0.15) is 0 Å². The van der Waals surface area contributed by atoms with Crippen LogP contribution in [0.1, 0.15) is 207 Å². The van der Waals surface area contributed by atoms with Crippen molar-refractivity contribution >= 4 is 12.1 Å². The molecule has 0 amide bonds. The Hall–Kier alpha value is -1.56. The summed E-state index contributed by atoms with van der Waals surface area (Å²) < 4.78 is 16.4. The smallest absolute Gasteiger partial charge is 0.462 e. The molecule has 0 radical (unpaired) electrons. The normalized spacial score (nSPS) is 11.6. The van der Waals surface area contributed by atoms with E-state index in [4.69, 9.17) is 14.2 Å². The summed E-state index contributed by atoms with van der Waals surface area (Å²) in [5.41, 5.74) is 0. The Morgan fingerprint density at radius 1 is 0.521 bits per heavy atom. The molecule has 0 aliphatic heterocycles. The van der Waals surface area contributed by atoms with Gasteiger partial charge in [-0.15, -0.1) is 0 Å². The fraction of sp³-hybridized carbons (Fsp3) is 0.905. The molecule has 0 bridgehead atoms. The Balaban J connectivity index is 3.90. The Labute approximate surface area is 298 Å². The summed E-state index contributed by atoms with van der Waals surface area (Å²) >= 11 is 0. The summed E-state index contributed by atoms with van der Waals surface area (Å²) in [6.45, 7) is 13.1. The summed E-state index contributed by atoms with van der Waals surface area (Å²) in [6, 6.07) is 0. The third-order valence-corrected chi connectivity index (χ3v) is 9.34. The van der Waals surface area contributed by atoms with E-state index in [1.165, 1.54) is 116 Å². The summed E-state index contributed by atoms with van der Waals surface area (Å²) in [5, 5.41) is 0. The molecule has 0 aliphatic rings. The van der Waals surface area contributed by atoms with E-state index in [2.05, 4.69) is 44.7 Å². The number of nitrogens with zero attached hydrogens (tertiary/aromatic N) is 1. The van der Waals surface area contributed by atoms with Gasteiger partial charge in [-0.3, -0.25) is 4.79 Å². The van der Waals surface area contributed by atoms with Crippen LogP contribution in [-0.4, -0.2) is 56.0 Å². The lowest BCUT2D eigenvalue weighted by Crippen LogP contribution is -2.25. The molecule has 0 aromatic rings. The van der Waals surface area contributed by atoms with E-state index < -0.39 is 6.16 Å². The Morgan fingerprint density at radius 3 is 1.60 bits per heavy atom. The fourth-order valence-electron chi connectivity index (χ4n) is 6.14. The van der Waals surface area contributed by atoms with Crippen LogP contribution in [-0.2, 0) is 19.0 Å². The number of carbonyl (C=O) groups excluding carboxylic acids is 2. The summed E-state index contributed by atoms with van der Waals surface area (Å²) in [5.74, 6) is 0.0253. The molecular weight excluding hydrogens is 598 g/mol. The van der Waals surface area contributed by atoms with Gasteiger partial charge in [-0.1, -0.05) is 136 Å². The minimum atomic E-state index is -0.544. The van der Waals surface area contributed by atoms with Gasteiger partial charge in [0.05, 0.1) is 13.2 Å². The minimum absolute atomic E-state index is 0.0253. The molecule has 0 fully saturated rings. The SMILES string of the molecule is CCCCC/C=C\CCOC(=O)OCCCCCN(CC)CCCCCCCC(=O)OC(CCCCCCCC)CCCCCCCC. The van der Waals surface area contributed by atoms with Crippen molar-refractivity contribution in [3.63, 3.8) is 0 Å². The number of rotatable bonds is 37. The highest BCUT2D eigenvalue weighted by Crippen LogP contribution is 2.18. The Morgan fingerprint density at radius 2 is 1.00 bits per heavy atom. The molecule has 0 unspecified atom stereocenters. The van der Waals surface area contributed by atoms with Gasteiger partial charge in [0.1, 0.15) is 6.10 Å². The maximum absolute atomic E-state index is 12.7. The van der Waals surface area contributed by atoms with Crippen molar-refractivity contribution in [3.8, 4) is 0 Å². The second kappa shape index (κ2) is 38.2. The second-order valence-corrected chi connectivity index (χ2v) is 13.9. The van der Waals surface area contributed by atoms with Crippen molar-refractivity contribution in [1.82, 2.24) is 4.90 Å². The Bertz CT molecular complexity index is 696. The van der Waals surface area contributed by atoms with Gasteiger partial charge in [0, 0.05) is 6.42 Å². The summed E-state index contributed by atoms with van der Waals surface area (Å²) in [7, 11) is 0. The molecule has 0 heterocycles. The predicted octanol–water partition coefficient (Wildman–Crippen LogP) is 12.9. The van der Waals surface area contributed by atoms with E-state index in [0.717, 1.165) is 77.4 Å². The van der Waals surface area contributed by atoms with Crippen LogP contribution < -0.4 is 0 Å². The van der Waals surface area contributed by atoms with Gasteiger partial charge in [0.15, 0.2) is 0 Å². The molecule has 0 aliphatic carbocycles. The first-order valence-corrected chi connectivity index (χ1v) is 20.9. The molecule has 0 aromatic heterocycles. The highest BCUT2D eigenvalue weighted by Gasteiger charge is 2.14. The minimum Gasteiger partial charge on any atom is -0.462 e. The van der Waals surface area contributed by atoms with E-state index in [9.17, 15) is 9.59 Å². The van der Waals surface area contributed by atoms with Crippen molar-refractivity contribution in [2.45, 2.75) is 214 Å². The molecular formula is C42H81NO5. The topological polar surface area (TPSA) is 65.1 Å². The zero-order valence-electron chi connectivity index (χ0n) is 32.6. The highest BCUT2D eigenvalue weighted by molar-refractivity contribution is 5.69. The fourth-order valence-corrected chi connectivity index (χ4v) is 6.14. The van der Waals surface area contributed by atoms with Crippen LogP contribution in [0.5, 0.6) is 0 Å². The molecule has 6 heteroatoms. The van der Waals surface area contributed by atoms with E-state index in [1.54, 1.807) is 0 Å². The van der Waals surface area contributed by atoms with E-state index >= 15 is 0 Å². The lowest BCUT2D eigenvalue weighted by atomic mass is 10.0. The van der Waals surface area contributed by atoms with Crippen LogP contribution in [0.3, 0.4) is 0 Å². The van der Waals surface area contributed by atoms with Crippen molar-refractivity contribution in [1.29, 1.82) is 0 Å². The van der Waals surface area contributed by atoms with E-state index in [1.807, 2.05) is 0 Å². The zero-order valence-corrected chi connectivity index (χ0v) is 32.6. The molecule has 0 saturated heterocycles. The van der Waals surface area contributed by atoms with Gasteiger partial charge in [-0.25, -0.2) is 4.79 Å². The van der Waals surface area contributed by atoms with Gasteiger partial charge < -0.3 is 19.1 Å². The molecule has 0 N–H and O–H groups in total. The number of allylic oxidation sites excluding steroid dienone is 1. The van der Waals surface area contributed by atoms with Crippen molar-refractivity contribution in [3.05, 3.63) is 12.2 Å². The van der Waals surface area contributed by atoms with Gasteiger partial charge in [0.25, 0.3) is 0 Å². The van der Waals surface area contributed by atoms with Gasteiger partial charge >= 0.3 is 12.1 Å². The first kappa shape index (κ1) is 46.4. The predicted molar refractivity (Wildman–Crippen MR) is 205 cm³/mol. The molecule has 0 spiro atoms. The quantitative estimate of drug-likeness (QED) is 0.0370. The van der Waals surface area contributed by atoms with Gasteiger partial charge in [0.2, 0.25) is 0 Å². The third kappa shape index (κ3) is 34.3. The number of unbranched alkanes of at least 4 members (excludes halogenated alkanes) is 19. The van der Waals surface area contributed by atoms with Crippen LogP contribution in [0.15, 0.2) is 12.2 Å². The van der Waals surface area contributed by atoms with Crippen LogP contribution in [0.2, 0.25) is 0 Å². The lowest BCUT2D eigenvalue weighted by Gasteiger charge is -2.20. The number of esters is 1. The summed E-state index contributed by atoms with van der Waals surface area (Å²) in [6.07, 6.45) is 36.3. The third-order valence-electron chi connectivity index (χ3n) is 9.34. The maximum Gasteiger partial charge on any atom is 0.508 e. The standard InChI is InChI=1S/C42H81NO5/c1-5-9-12-15-18-24-31-38-46-42(45)47-39-32-25-30-37-43(8-4)36-29-23-19-22-28-35-41(44)48-40(33-26-20-16-13-10-6-2)34-27-21-17-14-11-7-3/h18,24,40H,5-17,19-23,25-39H2,1-4H3/b24-18-. The Kier molecular flexibility index (Phi) is 37.0. The second-order valence-electron chi connectivity index (χ2n) is 13.9. The van der Waals surface area contributed by atoms with Crippen LogP contribution in [0.25, 0.3) is 0 Å². The average molecular weight is 680 g/mol.